The van der Waals surface area contributed by atoms with Crippen molar-refractivity contribution in [2.24, 2.45) is 5.84 Å². The van der Waals surface area contributed by atoms with Crippen molar-refractivity contribution in [3.05, 3.63) is 28.3 Å². The van der Waals surface area contributed by atoms with Crippen molar-refractivity contribution in [1.29, 1.82) is 10.5 Å². The Morgan fingerprint density at radius 2 is 1.90 bits per heavy atom. The van der Waals surface area contributed by atoms with Gasteiger partial charge in [0.1, 0.15) is 18.0 Å². The molecule has 10 nitrogen and oxygen atoms in total. The quantitative estimate of drug-likeness (QED) is 0.318. The Hall–Kier alpha value is -2.73. The molecule has 1 aromatic rings. The van der Waals surface area contributed by atoms with E-state index in [1.807, 2.05) is 0 Å². The van der Waals surface area contributed by atoms with Gasteiger partial charge in [-0.1, -0.05) is 0 Å². The van der Waals surface area contributed by atoms with Crippen LogP contribution in [0.1, 0.15) is 0 Å². The number of benzene rings is 1. The molecule has 0 aliphatic heterocycles. The maximum atomic E-state index is 12.3. The van der Waals surface area contributed by atoms with Gasteiger partial charge in [0.2, 0.25) is 10.0 Å². The van der Waals surface area contributed by atoms with Crippen molar-refractivity contribution >= 4 is 21.4 Å². The maximum Gasteiger partial charge on any atom is 0.271 e. The van der Waals surface area contributed by atoms with Gasteiger partial charge in [-0.3, -0.25) is 16.0 Å². The van der Waals surface area contributed by atoms with Gasteiger partial charge in [0, 0.05) is 12.1 Å². The number of hydrogen-bond acceptors (Lipinski definition) is 8. The van der Waals surface area contributed by atoms with E-state index < -0.39 is 28.0 Å². The van der Waals surface area contributed by atoms with E-state index in [2.05, 4.69) is 5.43 Å². The van der Waals surface area contributed by atoms with Gasteiger partial charge in [-0.2, -0.15) is 14.8 Å². The summed E-state index contributed by atoms with van der Waals surface area (Å²) in [6, 6.07) is 6.19. The zero-order chi connectivity index (χ0) is 16.0. The molecule has 0 spiro atoms. The van der Waals surface area contributed by atoms with Crippen molar-refractivity contribution in [3.63, 3.8) is 0 Å². The van der Waals surface area contributed by atoms with Crippen LogP contribution in [0.25, 0.3) is 0 Å². The van der Waals surface area contributed by atoms with Crippen LogP contribution in [0.3, 0.4) is 0 Å². The lowest BCUT2D eigenvalue weighted by Gasteiger charge is -2.17. The van der Waals surface area contributed by atoms with E-state index in [4.69, 9.17) is 16.4 Å². The van der Waals surface area contributed by atoms with Gasteiger partial charge in [0.15, 0.2) is 0 Å². The first-order chi connectivity index (χ1) is 9.88. The van der Waals surface area contributed by atoms with Crippen LogP contribution in [0.4, 0.5) is 11.4 Å². The second kappa shape index (κ2) is 6.62. The molecule has 0 atom stereocenters. The van der Waals surface area contributed by atoms with E-state index in [0.717, 1.165) is 18.2 Å². The summed E-state index contributed by atoms with van der Waals surface area (Å²) in [6.45, 7) is -1.06. The number of anilines is 1. The summed E-state index contributed by atoms with van der Waals surface area (Å²) in [5.41, 5.74) is 1.50. The second-order valence-electron chi connectivity index (χ2n) is 3.67. The van der Waals surface area contributed by atoms with E-state index in [9.17, 15) is 18.5 Å². The van der Waals surface area contributed by atoms with Gasteiger partial charge in [-0.05, 0) is 6.07 Å². The number of sulfonamides is 1. The summed E-state index contributed by atoms with van der Waals surface area (Å²) in [6.07, 6.45) is 0. The van der Waals surface area contributed by atoms with Crippen LogP contribution in [-0.4, -0.2) is 30.7 Å². The molecule has 0 amide bonds. The first kappa shape index (κ1) is 16.3. The SMILES string of the molecule is N#CCN(CC#N)S(=O)(=O)c1ccc([N+](=O)[O-])cc1NN. The number of nitro benzene ring substituents is 1. The van der Waals surface area contributed by atoms with Crippen molar-refractivity contribution in [2.45, 2.75) is 4.90 Å². The highest BCUT2D eigenvalue weighted by Crippen LogP contribution is 2.28. The number of nitrogens with one attached hydrogen (secondary N) is 1. The fourth-order valence-electron chi connectivity index (χ4n) is 1.49. The number of hydrogen-bond donors (Lipinski definition) is 2. The van der Waals surface area contributed by atoms with Crippen LogP contribution in [0.15, 0.2) is 23.1 Å². The Labute approximate surface area is 120 Å². The molecule has 0 aromatic heterocycles. The van der Waals surface area contributed by atoms with E-state index in [0.29, 0.717) is 4.31 Å². The lowest BCUT2D eigenvalue weighted by atomic mass is 10.3. The summed E-state index contributed by atoms with van der Waals surface area (Å²) >= 11 is 0. The molecule has 1 aromatic carbocycles. The molecule has 3 N–H and O–H groups in total. The maximum absolute atomic E-state index is 12.3. The van der Waals surface area contributed by atoms with E-state index in [-0.39, 0.29) is 16.3 Å². The molecule has 0 saturated heterocycles. The lowest BCUT2D eigenvalue weighted by molar-refractivity contribution is -0.384. The molecule has 0 heterocycles. The highest BCUT2D eigenvalue weighted by molar-refractivity contribution is 7.89. The third-order valence-electron chi connectivity index (χ3n) is 2.44. The number of nitrogens with zero attached hydrogens (tertiary/aromatic N) is 4. The van der Waals surface area contributed by atoms with Gasteiger partial charge in [0.25, 0.3) is 5.69 Å². The number of hydrazine groups is 1. The van der Waals surface area contributed by atoms with Crippen LogP contribution in [0.2, 0.25) is 0 Å². The molecule has 1 rings (SSSR count). The summed E-state index contributed by atoms with van der Waals surface area (Å²) in [5, 5.41) is 27.9. The standard InChI is InChI=1S/C10H10N6O4S/c11-3-5-15(6-4-12)21(19,20)10-2-1-8(16(17)18)7-9(10)14-13/h1-2,7,14H,5-6,13H2. The van der Waals surface area contributed by atoms with E-state index in [1.165, 1.54) is 0 Å². The average molecular weight is 310 g/mol. The van der Waals surface area contributed by atoms with E-state index >= 15 is 0 Å². The largest absolute Gasteiger partial charge is 0.323 e. The van der Waals surface area contributed by atoms with Crippen LogP contribution in [0, 0.1) is 32.8 Å². The van der Waals surface area contributed by atoms with Crippen LogP contribution < -0.4 is 11.3 Å². The monoisotopic (exact) mass is 310 g/mol. The molecule has 0 radical (unpaired) electrons. The zero-order valence-electron chi connectivity index (χ0n) is 10.6. The topological polar surface area (TPSA) is 166 Å². The van der Waals surface area contributed by atoms with Crippen LogP contribution >= 0.6 is 0 Å². The Morgan fingerprint density at radius 1 is 1.33 bits per heavy atom. The van der Waals surface area contributed by atoms with Crippen molar-refractivity contribution in [1.82, 2.24) is 4.31 Å². The third kappa shape index (κ3) is 3.43. The smallest absolute Gasteiger partial charge is 0.271 e. The third-order valence-corrected chi connectivity index (χ3v) is 4.29. The predicted octanol–water partition coefficient (Wildman–Crippen LogP) is -0.0817. The van der Waals surface area contributed by atoms with Crippen LogP contribution in [0.5, 0.6) is 0 Å². The van der Waals surface area contributed by atoms with Gasteiger partial charge in [-0.25, -0.2) is 8.42 Å². The van der Waals surface area contributed by atoms with E-state index in [1.54, 1.807) is 12.1 Å². The molecular formula is C10H10N6O4S. The predicted molar refractivity (Wildman–Crippen MR) is 70.9 cm³/mol. The molecule has 110 valence electrons. The van der Waals surface area contributed by atoms with Crippen molar-refractivity contribution < 1.29 is 13.3 Å². The summed E-state index contributed by atoms with van der Waals surface area (Å²) < 4.78 is 25.3. The molecule has 0 fully saturated rings. The van der Waals surface area contributed by atoms with Gasteiger partial charge >= 0.3 is 0 Å². The fraction of sp³-hybridized carbons (Fsp3) is 0.200. The minimum atomic E-state index is -4.19. The molecular weight excluding hydrogens is 300 g/mol. The Morgan fingerprint density at radius 3 is 2.33 bits per heavy atom. The fourth-order valence-corrected chi connectivity index (χ4v) is 2.86. The summed E-state index contributed by atoms with van der Waals surface area (Å²) in [4.78, 5) is 9.59. The van der Waals surface area contributed by atoms with Crippen molar-refractivity contribution in [3.8, 4) is 12.1 Å². The first-order valence-corrected chi connectivity index (χ1v) is 6.81. The van der Waals surface area contributed by atoms with Crippen LogP contribution in [-0.2, 0) is 10.0 Å². The van der Waals surface area contributed by atoms with Gasteiger partial charge < -0.3 is 5.43 Å². The Kier molecular flexibility index (Phi) is 5.15. The molecule has 21 heavy (non-hydrogen) atoms. The lowest BCUT2D eigenvalue weighted by Crippen LogP contribution is -2.32. The number of non-ortho nitro benzene ring substituents is 1. The van der Waals surface area contributed by atoms with Crippen molar-refractivity contribution in [2.75, 3.05) is 18.5 Å². The second-order valence-corrected chi connectivity index (χ2v) is 5.58. The number of nitro groups is 1. The average Bonchev–Trinajstić information content (AvgIpc) is 2.46. The number of nitriles is 2. The molecule has 0 aliphatic rings. The molecule has 0 bridgehead atoms. The first-order valence-electron chi connectivity index (χ1n) is 5.37. The highest BCUT2D eigenvalue weighted by Gasteiger charge is 2.28. The molecule has 0 saturated carbocycles. The minimum absolute atomic E-state index is 0.204. The normalized spacial score (nSPS) is 10.7. The number of rotatable bonds is 6. The molecule has 11 heteroatoms. The number of nitrogen functional groups attached to an aromatic ring is 1. The minimum Gasteiger partial charge on any atom is -0.323 e. The number of nitrogens with two attached hydrogens (primary N) is 1. The Balaban J connectivity index is 3.40. The molecule has 0 unspecified atom stereocenters. The summed E-state index contributed by atoms with van der Waals surface area (Å²) in [7, 11) is -4.19. The highest BCUT2D eigenvalue weighted by atomic mass is 32.2. The van der Waals surface area contributed by atoms with Gasteiger partial charge in [-0.15, -0.1) is 0 Å². The summed E-state index contributed by atoms with van der Waals surface area (Å²) in [5.74, 6) is 5.18. The molecule has 0 aliphatic carbocycles. The Bertz CT molecular complexity index is 717. The zero-order valence-corrected chi connectivity index (χ0v) is 11.4. The van der Waals surface area contributed by atoms with Gasteiger partial charge in [0.05, 0.1) is 22.7 Å².